The van der Waals surface area contributed by atoms with E-state index in [9.17, 15) is 22.6 Å². The summed E-state index contributed by atoms with van der Waals surface area (Å²) in [7, 11) is -4.86. The van der Waals surface area contributed by atoms with Gasteiger partial charge in [0.2, 0.25) is 0 Å². The molecule has 0 saturated heterocycles. The monoisotopic (exact) mass is 368 g/mol. The van der Waals surface area contributed by atoms with Crippen LogP contribution in [0.2, 0.25) is 0 Å². The molecule has 0 N–H and O–H groups in total. The van der Waals surface area contributed by atoms with Crippen molar-refractivity contribution in [1.82, 2.24) is 8.75 Å². The second-order valence-corrected chi connectivity index (χ2v) is 6.79. The molecule has 1 aliphatic rings. The fourth-order valence-corrected chi connectivity index (χ4v) is 3.94. The van der Waals surface area contributed by atoms with Crippen molar-refractivity contribution in [3.8, 4) is 0 Å². The van der Waals surface area contributed by atoms with Gasteiger partial charge in [0.1, 0.15) is 21.2 Å². The van der Waals surface area contributed by atoms with E-state index in [1.165, 1.54) is 12.1 Å². The summed E-state index contributed by atoms with van der Waals surface area (Å²) in [6.45, 7) is 0. The molecular formula is C14H5N2NaO5S2. The maximum atomic E-state index is 12.7. The van der Waals surface area contributed by atoms with Crippen LogP contribution < -0.4 is 29.6 Å². The smallest absolute Gasteiger partial charge is 0.744 e. The number of fused-ring (bicyclic) bond motifs is 4. The summed E-state index contributed by atoms with van der Waals surface area (Å²) >= 11 is 0.674. The van der Waals surface area contributed by atoms with E-state index in [1.54, 1.807) is 12.1 Å². The molecule has 1 aliphatic carbocycles. The van der Waals surface area contributed by atoms with Crippen molar-refractivity contribution in [2.24, 2.45) is 0 Å². The fourth-order valence-electron chi connectivity index (χ4n) is 2.67. The Labute approximate surface area is 162 Å². The van der Waals surface area contributed by atoms with Gasteiger partial charge in [0.05, 0.1) is 22.2 Å². The van der Waals surface area contributed by atoms with Crippen LogP contribution in [0.5, 0.6) is 0 Å². The summed E-state index contributed by atoms with van der Waals surface area (Å²) in [6.07, 6.45) is 0. The average molecular weight is 368 g/mol. The third kappa shape index (κ3) is 2.36. The first-order valence-electron chi connectivity index (χ1n) is 6.33. The van der Waals surface area contributed by atoms with Crippen LogP contribution >= 0.6 is 11.7 Å². The van der Waals surface area contributed by atoms with Gasteiger partial charge in [-0.25, -0.2) is 8.42 Å². The zero-order chi connectivity index (χ0) is 16.4. The number of rotatable bonds is 1. The van der Waals surface area contributed by atoms with Crippen LogP contribution in [0.15, 0.2) is 35.2 Å². The molecule has 0 unspecified atom stereocenters. The Kier molecular flexibility index (Phi) is 4.19. The number of carbonyl (C=O) groups excluding carboxylic acids is 2. The summed E-state index contributed by atoms with van der Waals surface area (Å²) in [4.78, 5) is 24.6. The van der Waals surface area contributed by atoms with E-state index in [2.05, 4.69) is 8.75 Å². The van der Waals surface area contributed by atoms with E-state index in [-0.39, 0.29) is 62.8 Å². The van der Waals surface area contributed by atoms with Gasteiger partial charge in [-0.2, -0.15) is 8.75 Å². The van der Waals surface area contributed by atoms with Crippen molar-refractivity contribution < 1.29 is 52.1 Å². The molecule has 3 aromatic rings. The summed E-state index contributed by atoms with van der Waals surface area (Å²) < 4.78 is 42.1. The molecule has 114 valence electrons. The molecule has 24 heavy (non-hydrogen) atoms. The number of hydrogen-bond acceptors (Lipinski definition) is 8. The molecule has 0 radical (unpaired) electrons. The Morgan fingerprint density at radius 1 is 0.917 bits per heavy atom. The summed E-state index contributed by atoms with van der Waals surface area (Å²) in [6, 6.07) is 7.15. The first kappa shape index (κ1) is 17.3. The molecule has 0 saturated carbocycles. The fraction of sp³-hybridized carbons (Fsp3) is 0. The number of aromatic nitrogens is 2. The molecule has 2 aromatic carbocycles. The predicted molar refractivity (Wildman–Crippen MR) is 78.7 cm³/mol. The Bertz CT molecular complexity index is 1140. The normalized spacial score (nSPS) is 13.4. The number of nitrogens with zero attached hydrogens (tertiary/aromatic N) is 2. The number of carbonyl (C=O) groups is 2. The van der Waals surface area contributed by atoms with Gasteiger partial charge in [-0.15, -0.1) is 0 Å². The minimum atomic E-state index is -4.86. The minimum absolute atomic E-state index is 0. The maximum absolute atomic E-state index is 12.7. The quantitative estimate of drug-likeness (QED) is 0.293. The van der Waals surface area contributed by atoms with Gasteiger partial charge in [-0.3, -0.25) is 9.59 Å². The summed E-state index contributed by atoms with van der Waals surface area (Å²) in [5.74, 6) is -0.960. The average Bonchev–Trinajstić information content (AvgIpc) is 2.99. The first-order valence-corrected chi connectivity index (χ1v) is 8.47. The Hall–Kier alpha value is -1.49. The van der Waals surface area contributed by atoms with Gasteiger partial charge in [0.25, 0.3) is 0 Å². The van der Waals surface area contributed by atoms with Crippen LogP contribution in [0, 0.1) is 0 Å². The van der Waals surface area contributed by atoms with E-state index in [4.69, 9.17) is 0 Å². The van der Waals surface area contributed by atoms with Gasteiger partial charge in [-0.05, 0) is 6.07 Å². The van der Waals surface area contributed by atoms with Crippen molar-refractivity contribution in [2.75, 3.05) is 0 Å². The largest absolute Gasteiger partial charge is 1.00 e. The zero-order valence-electron chi connectivity index (χ0n) is 12.1. The summed E-state index contributed by atoms with van der Waals surface area (Å²) in [5, 5.41) is 0. The Morgan fingerprint density at radius 3 is 2.12 bits per heavy atom. The molecule has 0 amide bonds. The van der Waals surface area contributed by atoms with Gasteiger partial charge < -0.3 is 4.55 Å². The zero-order valence-corrected chi connectivity index (χ0v) is 15.8. The van der Waals surface area contributed by atoms with Crippen molar-refractivity contribution in [3.05, 3.63) is 52.6 Å². The van der Waals surface area contributed by atoms with E-state index in [0.29, 0.717) is 11.7 Å². The number of benzene rings is 2. The van der Waals surface area contributed by atoms with Gasteiger partial charge >= 0.3 is 29.6 Å². The van der Waals surface area contributed by atoms with Crippen molar-refractivity contribution in [2.45, 2.75) is 4.90 Å². The van der Waals surface area contributed by atoms with Gasteiger partial charge in [0, 0.05) is 16.7 Å². The Balaban J connectivity index is 0.00000169. The second kappa shape index (κ2) is 5.80. The predicted octanol–water partition coefficient (Wildman–Crippen LogP) is -1.63. The van der Waals surface area contributed by atoms with E-state index in [1.807, 2.05) is 0 Å². The van der Waals surface area contributed by atoms with E-state index < -0.39 is 26.6 Å². The molecular weight excluding hydrogens is 363 g/mol. The molecule has 0 fully saturated rings. The molecule has 4 rings (SSSR count). The van der Waals surface area contributed by atoms with Crippen molar-refractivity contribution in [3.63, 3.8) is 0 Å². The molecule has 1 heterocycles. The van der Waals surface area contributed by atoms with Crippen molar-refractivity contribution >= 4 is 44.4 Å². The third-order valence-corrected chi connectivity index (χ3v) is 5.04. The number of ketones is 2. The standard InChI is InChI=1S/C14H6N2O5S2.Na/c17-13-6-3-1-2-4-7(6)14(18)10-8(13)5-9(23(19,20)21)11-12(10)16-22-15-11;/h1-5H,(H,19,20,21);/q;+1/p-1. The van der Waals surface area contributed by atoms with Gasteiger partial charge in [-0.1, -0.05) is 24.3 Å². The van der Waals surface area contributed by atoms with Crippen LogP contribution in [-0.4, -0.2) is 33.3 Å². The number of hydrogen-bond donors (Lipinski definition) is 0. The van der Waals surface area contributed by atoms with E-state index in [0.717, 1.165) is 6.07 Å². The van der Waals surface area contributed by atoms with Crippen LogP contribution in [0.4, 0.5) is 0 Å². The van der Waals surface area contributed by atoms with Crippen LogP contribution in [0.3, 0.4) is 0 Å². The maximum Gasteiger partial charge on any atom is 1.00 e. The Morgan fingerprint density at radius 2 is 1.50 bits per heavy atom. The molecule has 0 aliphatic heterocycles. The molecule has 7 nitrogen and oxygen atoms in total. The molecule has 10 heteroatoms. The second-order valence-electron chi connectivity index (χ2n) is 4.92. The van der Waals surface area contributed by atoms with Crippen LogP contribution in [0.25, 0.3) is 11.0 Å². The molecule has 1 aromatic heterocycles. The topological polar surface area (TPSA) is 117 Å². The molecule has 0 bridgehead atoms. The van der Waals surface area contributed by atoms with Gasteiger partial charge in [0.15, 0.2) is 11.6 Å². The van der Waals surface area contributed by atoms with Crippen LogP contribution in [-0.2, 0) is 10.1 Å². The third-order valence-electron chi connectivity index (χ3n) is 3.66. The van der Waals surface area contributed by atoms with Crippen molar-refractivity contribution in [1.29, 1.82) is 0 Å². The minimum Gasteiger partial charge on any atom is -0.744 e. The van der Waals surface area contributed by atoms with E-state index >= 15 is 0 Å². The first-order chi connectivity index (χ1) is 10.9. The van der Waals surface area contributed by atoms with Crippen LogP contribution in [0.1, 0.15) is 31.8 Å². The summed E-state index contributed by atoms with van der Waals surface area (Å²) in [5.41, 5.74) is 0.0334. The SMILES string of the molecule is O=C1c2ccccc2C(=O)c2c1cc(S(=O)(=O)[O-])c1nsnc21.[Na+]. The molecule has 0 spiro atoms. The molecule has 0 atom stereocenters.